The molecule has 16 heavy (non-hydrogen) atoms. The molecule has 3 rings (SSSR count). The third-order valence-electron chi connectivity index (χ3n) is 4.02. The second-order valence-electron chi connectivity index (χ2n) is 5.12. The molecule has 1 fully saturated rings. The fourth-order valence-corrected chi connectivity index (χ4v) is 2.75. The summed E-state index contributed by atoms with van der Waals surface area (Å²) >= 11 is 0. The Labute approximate surface area is 96.4 Å². The zero-order valence-electron chi connectivity index (χ0n) is 9.63. The summed E-state index contributed by atoms with van der Waals surface area (Å²) < 4.78 is 0. The zero-order valence-corrected chi connectivity index (χ0v) is 9.63. The molecule has 0 aliphatic heterocycles. The molecule has 2 aliphatic rings. The van der Waals surface area contributed by atoms with Crippen LogP contribution in [0.4, 0.5) is 5.82 Å². The molecule has 1 aromatic rings. The van der Waals surface area contributed by atoms with Crippen LogP contribution < -0.4 is 11.1 Å². The fraction of sp³-hybridized carbons (Fsp3) is 0.615. The van der Waals surface area contributed by atoms with Crippen molar-refractivity contribution < 1.29 is 0 Å². The van der Waals surface area contributed by atoms with Gasteiger partial charge in [-0.1, -0.05) is 6.07 Å². The number of aryl methyl sites for hydroxylation is 2. The summed E-state index contributed by atoms with van der Waals surface area (Å²) in [5.41, 5.74) is 8.70. The Morgan fingerprint density at radius 3 is 2.81 bits per heavy atom. The van der Waals surface area contributed by atoms with Crippen molar-refractivity contribution in [1.29, 1.82) is 0 Å². The second kappa shape index (κ2) is 3.74. The predicted octanol–water partition coefficient (Wildman–Crippen LogP) is 1.86. The molecule has 2 aliphatic carbocycles. The SMILES string of the molecule is NCC1(Nc2ccc3c(n2)CCC3)CCC1. The van der Waals surface area contributed by atoms with Crippen LogP contribution >= 0.6 is 0 Å². The molecule has 0 bridgehead atoms. The van der Waals surface area contributed by atoms with Crippen molar-refractivity contribution in [3.63, 3.8) is 0 Å². The topological polar surface area (TPSA) is 50.9 Å². The van der Waals surface area contributed by atoms with E-state index in [1.807, 2.05) is 0 Å². The first-order valence-corrected chi connectivity index (χ1v) is 6.28. The van der Waals surface area contributed by atoms with Gasteiger partial charge in [0.2, 0.25) is 0 Å². The average Bonchev–Trinajstić information content (AvgIpc) is 2.70. The van der Waals surface area contributed by atoms with Crippen LogP contribution in [-0.2, 0) is 12.8 Å². The van der Waals surface area contributed by atoms with Crippen LogP contribution in [0.2, 0.25) is 0 Å². The standard InChI is InChI=1S/C13H19N3/c14-9-13(7-2-8-13)16-12-6-5-10-3-1-4-11(10)15-12/h5-6H,1-4,7-9,14H2,(H,15,16). The lowest BCUT2D eigenvalue weighted by atomic mass is 9.77. The molecular formula is C13H19N3. The van der Waals surface area contributed by atoms with E-state index in [0.717, 1.165) is 12.2 Å². The smallest absolute Gasteiger partial charge is 0.126 e. The van der Waals surface area contributed by atoms with Gasteiger partial charge in [0.05, 0.1) is 5.54 Å². The first-order chi connectivity index (χ1) is 7.81. The van der Waals surface area contributed by atoms with Gasteiger partial charge in [-0.05, 0) is 50.2 Å². The summed E-state index contributed by atoms with van der Waals surface area (Å²) in [4.78, 5) is 4.70. The normalized spacial score (nSPS) is 21.3. The van der Waals surface area contributed by atoms with Crippen LogP contribution in [0.25, 0.3) is 0 Å². The maximum absolute atomic E-state index is 5.84. The molecule has 3 N–H and O–H groups in total. The van der Waals surface area contributed by atoms with E-state index >= 15 is 0 Å². The lowest BCUT2D eigenvalue weighted by Crippen LogP contribution is -2.51. The Morgan fingerprint density at radius 1 is 1.25 bits per heavy atom. The van der Waals surface area contributed by atoms with E-state index in [0.29, 0.717) is 6.54 Å². The molecule has 0 atom stereocenters. The van der Waals surface area contributed by atoms with Gasteiger partial charge in [-0.15, -0.1) is 0 Å². The van der Waals surface area contributed by atoms with Crippen LogP contribution in [0.15, 0.2) is 12.1 Å². The molecule has 3 nitrogen and oxygen atoms in total. The van der Waals surface area contributed by atoms with E-state index in [-0.39, 0.29) is 5.54 Å². The predicted molar refractivity (Wildman–Crippen MR) is 65.5 cm³/mol. The van der Waals surface area contributed by atoms with Gasteiger partial charge in [0.1, 0.15) is 5.82 Å². The van der Waals surface area contributed by atoms with Gasteiger partial charge in [0, 0.05) is 12.2 Å². The van der Waals surface area contributed by atoms with Crippen LogP contribution in [0, 0.1) is 0 Å². The van der Waals surface area contributed by atoms with Crippen molar-refractivity contribution in [3.05, 3.63) is 23.4 Å². The number of rotatable bonds is 3. The maximum atomic E-state index is 5.84. The van der Waals surface area contributed by atoms with Gasteiger partial charge >= 0.3 is 0 Å². The number of nitrogens with zero attached hydrogens (tertiary/aromatic N) is 1. The van der Waals surface area contributed by atoms with Crippen molar-refractivity contribution in [2.24, 2.45) is 5.73 Å². The quantitative estimate of drug-likeness (QED) is 0.812. The van der Waals surface area contributed by atoms with Gasteiger partial charge in [-0.2, -0.15) is 0 Å². The first kappa shape index (κ1) is 10.1. The monoisotopic (exact) mass is 217 g/mol. The highest BCUT2D eigenvalue weighted by Gasteiger charge is 2.35. The van der Waals surface area contributed by atoms with Gasteiger partial charge < -0.3 is 11.1 Å². The molecule has 1 aromatic heterocycles. The maximum Gasteiger partial charge on any atom is 0.126 e. The third kappa shape index (κ3) is 1.59. The minimum atomic E-state index is 0.139. The molecule has 0 spiro atoms. The summed E-state index contributed by atoms with van der Waals surface area (Å²) in [6.07, 6.45) is 7.25. The van der Waals surface area contributed by atoms with Gasteiger partial charge in [0.15, 0.2) is 0 Å². The van der Waals surface area contributed by atoms with E-state index < -0.39 is 0 Å². The zero-order chi connectivity index (χ0) is 11.0. The number of pyridine rings is 1. The van der Waals surface area contributed by atoms with Crippen molar-refractivity contribution in [1.82, 2.24) is 4.98 Å². The summed E-state index contributed by atoms with van der Waals surface area (Å²) in [5.74, 6) is 1.02. The third-order valence-corrected chi connectivity index (χ3v) is 4.02. The van der Waals surface area contributed by atoms with E-state index in [9.17, 15) is 0 Å². The van der Waals surface area contributed by atoms with E-state index in [1.54, 1.807) is 0 Å². The molecule has 0 unspecified atom stereocenters. The van der Waals surface area contributed by atoms with Gasteiger partial charge in [-0.3, -0.25) is 0 Å². The molecule has 1 saturated carbocycles. The van der Waals surface area contributed by atoms with Crippen LogP contribution in [0.5, 0.6) is 0 Å². The van der Waals surface area contributed by atoms with Gasteiger partial charge in [-0.25, -0.2) is 4.98 Å². The lowest BCUT2D eigenvalue weighted by Gasteiger charge is -2.42. The number of aromatic nitrogens is 1. The Bertz CT molecular complexity index is 391. The van der Waals surface area contributed by atoms with Crippen LogP contribution in [0.3, 0.4) is 0 Å². The summed E-state index contributed by atoms with van der Waals surface area (Å²) in [6, 6.07) is 4.33. The van der Waals surface area contributed by atoms with Crippen LogP contribution in [-0.4, -0.2) is 17.1 Å². The minimum Gasteiger partial charge on any atom is -0.363 e. The van der Waals surface area contributed by atoms with Crippen molar-refractivity contribution in [2.45, 2.75) is 44.1 Å². The number of anilines is 1. The lowest BCUT2D eigenvalue weighted by molar-refractivity contribution is 0.286. The summed E-state index contributed by atoms with van der Waals surface area (Å²) in [7, 11) is 0. The Balaban J connectivity index is 1.80. The first-order valence-electron chi connectivity index (χ1n) is 6.28. The second-order valence-corrected chi connectivity index (χ2v) is 5.12. The Hall–Kier alpha value is -1.09. The number of hydrogen-bond donors (Lipinski definition) is 2. The molecule has 0 saturated heterocycles. The van der Waals surface area contributed by atoms with E-state index in [2.05, 4.69) is 17.4 Å². The number of fused-ring (bicyclic) bond motifs is 1. The van der Waals surface area contributed by atoms with Crippen molar-refractivity contribution in [2.75, 3.05) is 11.9 Å². The molecule has 0 aromatic carbocycles. The summed E-state index contributed by atoms with van der Waals surface area (Å²) in [6.45, 7) is 0.714. The Morgan fingerprint density at radius 2 is 2.12 bits per heavy atom. The average molecular weight is 217 g/mol. The van der Waals surface area contributed by atoms with E-state index in [4.69, 9.17) is 10.7 Å². The van der Waals surface area contributed by atoms with Gasteiger partial charge in [0.25, 0.3) is 0 Å². The van der Waals surface area contributed by atoms with Crippen molar-refractivity contribution in [3.8, 4) is 0 Å². The molecule has 0 amide bonds. The highest BCUT2D eigenvalue weighted by molar-refractivity contribution is 5.43. The summed E-state index contributed by atoms with van der Waals surface area (Å²) in [5, 5.41) is 3.54. The highest BCUT2D eigenvalue weighted by atomic mass is 15.1. The number of nitrogens with one attached hydrogen (secondary N) is 1. The molecule has 86 valence electrons. The highest BCUT2D eigenvalue weighted by Crippen LogP contribution is 2.34. The molecule has 0 radical (unpaired) electrons. The Kier molecular flexibility index (Phi) is 2.36. The molecule has 3 heteroatoms. The minimum absolute atomic E-state index is 0.139. The van der Waals surface area contributed by atoms with Crippen molar-refractivity contribution >= 4 is 5.82 Å². The fourth-order valence-electron chi connectivity index (χ4n) is 2.75. The van der Waals surface area contributed by atoms with E-state index in [1.165, 1.54) is 43.4 Å². The number of hydrogen-bond acceptors (Lipinski definition) is 3. The van der Waals surface area contributed by atoms with Crippen LogP contribution in [0.1, 0.15) is 36.9 Å². The molecular weight excluding hydrogens is 198 g/mol. The number of nitrogens with two attached hydrogens (primary N) is 1. The molecule has 1 heterocycles. The largest absolute Gasteiger partial charge is 0.363 e.